The zero-order valence-electron chi connectivity index (χ0n) is 29.7. The first kappa shape index (κ1) is 31.0. The lowest BCUT2D eigenvalue weighted by atomic mass is 9.82. The first-order valence-corrected chi connectivity index (χ1v) is 19.1. The fraction of sp³-hybridized carbons (Fsp3) is 0.0612. The van der Waals surface area contributed by atoms with Gasteiger partial charge in [-0.05, 0) is 69.4 Å². The van der Waals surface area contributed by atoms with Gasteiger partial charge in [-0.3, -0.25) is 0 Å². The highest BCUT2D eigenvalue weighted by molar-refractivity contribution is 7.26. The van der Waals surface area contributed by atoms with E-state index in [2.05, 4.69) is 153 Å². The summed E-state index contributed by atoms with van der Waals surface area (Å²) >= 11 is 1.80. The number of aromatic nitrogens is 4. The van der Waals surface area contributed by atoms with Crippen molar-refractivity contribution in [3.05, 3.63) is 169 Å². The van der Waals surface area contributed by atoms with Crippen LogP contribution in [0.3, 0.4) is 0 Å². The zero-order chi connectivity index (χ0) is 36.0. The molecule has 0 radical (unpaired) electrons. The predicted molar refractivity (Wildman–Crippen MR) is 225 cm³/mol. The van der Waals surface area contributed by atoms with Crippen LogP contribution in [0.4, 0.5) is 0 Å². The Balaban J connectivity index is 1.11. The molecule has 4 nitrogen and oxygen atoms in total. The van der Waals surface area contributed by atoms with Crippen molar-refractivity contribution >= 4 is 53.2 Å². The Hall–Kier alpha value is -6.56. The fourth-order valence-electron chi connectivity index (χ4n) is 8.35. The number of hydrogen-bond donors (Lipinski definition) is 0. The second-order valence-corrected chi connectivity index (χ2v) is 15.7. The molecule has 3 heterocycles. The Kier molecular flexibility index (Phi) is 6.73. The van der Waals surface area contributed by atoms with Crippen molar-refractivity contribution in [2.24, 2.45) is 0 Å². The van der Waals surface area contributed by atoms with E-state index >= 15 is 0 Å². The van der Waals surface area contributed by atoms with Gasteiger partial charge >= 0.3 is 0 Å². The molecule has 0 saturated carbocycles. The van der Waals surface area contributed by atoms with Crippen LogP contribution in [0.5, 0.6) is 0 Å². The maximum Gasteiger partial charge on any atom is 0.164 e. The summed E-state index contributed by atoms with van der Waals surface area (Å²) in [6, 6.07) is 55.9. The number of fused-ring (bicyclic) bond motifs is 9. The smallest absolute Gasteiger partial charge is 0.164 e. The Bertz CT molecular complexity index is 3140. The number of para-hydroxylation sites is 1. The normalized spacial score (nSPS) is 13.1. The van der Waals surface area contributed by atoms with Crippen LogP contribution in [0, 0.1) is 0 Å². The van der Waals surface area contributed by atoms with Gasteiger partial charge in [-0.1, -0.05) is 135 Å². The van der Waals surface area contributed by atoms with Gasteiger partial charge in [0.2, 0.25) is 0 Å². The van der Waals surface area contributed by atoms with Crippen LogP contribution in [0.2, 0.25) is 0 Å². The second-order valence-electron chi connectivity index (χ2n) is 14.7. The summed E-state index contributed by atoms with van der Waals surface area (Å²) in [4.78, 5) is 20.7. The Morgan fingerprint density at radius 1 is 0.444 bits per heavy atom. The van der Waals surface area contributed by atoms with Crippen molar-refractivity contribution in [2.75, 3.05) is 0 Å². The van der Waals surface area contributed by atoms with Crippen LogP contribution in [0.1, 0.15) is 25.0 Å². The number of thiophene rings is 1. The fourth-order valence-corrected chi connectivity index (χ4v) is 9.56. The first-order valence-electron chi connectivity index (χ1n) is 18.3. The molecule has 7 aromatic carbocycles. The maximum absolute atomic E-state index is 5.27. The predicted octanol–water partition coefficient (Wildman–Crippen LogP) is 12.9. The van der Waals surface area contributed by atoms with Gasteiger partial charge in [0.05, 0.1) is 15.9 Å². The third-order valence-electron chi connectivity index (χ3n) is 11.1. The monoisotopic (exact) mass is 708 g/mol. The molecule has 11 rings (SSSR count). The van der Waals surface area contributed by atoms with E-state index in [0.29, 0.717) is 17.5 Å². The molecule has 254 valence electrons. The number of nitrogens with zero attached hydrogens (tertiary/aromatic N) is 4. The highest BCUT2D eigenvalue weighted by Crippen LogP contribution is 2.49. The molecular formula is C49H32N4S. The molecule has 54 heavy (non-hydrogen) atoms. The summed E-state index contributed by atoms with van der Waals surface area (Å²) in [6.45, 7) is 4.61. The molecule has 0 aliphatic heterocycles. The average Bonchev–Trinajstić information content (AvgIpc) is 3.72. The number of rotatable bonds is 4. The molecule has 0 spiro atoms. The van der Waals surface area contributed by atoms with E-state index in [0.717, 1.165) is 38.9 Å². The van der Waals surface area contributed by atoms with Crippen molar-refractivity contribution in [1.29, 1.82) is 0 Å². The van der Waals surface area contributed by atoms with Gasteiger partial charge < -0.3 is 0 Å². The quantitative estimate of drug-likeness (QED) is 0.183. The third-order valence-corrected chi connectivity index (χ3v) is 12.3. The molecule has 1 aliphatic rings. The Labute approximate surface area is 316 Å². The summed E-state index contributed by atoms with van der Waals surface area (Å²) in [6.07, 6.45) is 0. The molecule has 0 N–H and O–H groups in total. The molecular weight excluding hydrogens is 677 g/mol. The van der Waals surface area contributed by atoms with Gasteiger partial charge in [0.25, 0.3) is 0 Å². The molecule has 0 bridgehead atoms. The van der Waals surface area contributed by atoms with Crippen molar-refractivity contribution in [3.63, 3.8) is 0 Å². The highest BCUT2D eigenvalue weighted by atomic mass is 32.1. The van der Waals surface area contributed by atoms with Gasteiger partial charge in [0.1, 0.15) is 0 Å². The van der Waals surface area contributed by atoms with E-state index in [-0.39, 0.29) is 5.41 Å². The van der Waals surface area contributed by atoms with E-state index < -0.39 is 0 Å². The third kappa shape index (κ3) is 4.75. The lowest BCUT2D eigenvalue weighted by Crippen LogP contribution is -2.15. The summed E-state index contributed by atoms with van der Waals surface area (Å²) in [5.41, 5.74) is 11.1. The van der Waals surface area contributed by atoms with Gasteiger partial charge in [0, 0.05) is 48.5 Å². The summed E-state index contributed by atoms with van der Waals surface area (Å²) in [5.74, 6) is 1.97. The summed E-state index contributed by atoms with van der Waals surface area (Å²) < 4.78 is 2.38. The maximum atomic E-state index is 5.27. The van der Waals surface area contributed by atoms with Gasteiger partial charge in [-0.25, -0.2) is 19.9 Å². The van der Waals surface area contributed by atoms with Crippen molar-refractivity contribution < 1.29 is 0 Å². The topological polar surface area (TPSA) is 51.6 Å². The molecule has 0 saturated heterocycles. The number of hydrogen-bond acceptors (Lipinski definition) is 5. The SMILES string of the molecule is CC1(C)c2ccccc2-c2ccc(-c3nc(-c4ccccc4)nc(-c4ccc5sc6c(-c7ccc8ccccc8c7)nc7ccccc7c6c5c4)n3)cc21. The minimum atomic E-state index is -0.131. The van der Waals surface area contributed by atoms with Crippen LogP contribution in [0.15, 0.2) is 158 Å². The van der Waals surface area contributed by atoms with E-state index in [4.69, 9.17) is 19.9 Å². The summed E-state index contributed by atoms with van der Waals surface area (Å²) in [5, 5.41) is 5.96. The minimum absolute atomic E-state index is 0.131. The second kappa shape index (κ2) is 11.7. The molecule has 10 aromatic rings. The van der Waals surface area contributed by atoms with Crippen molar-refractivity contribution in [1.82, 2.24) is 19.9 Å². The average molecular weight is 709 g/mol. The van der Waals surface area contributed by atoms with Crippen molar-refractivity contribution in [2.45, 2.75) is 19.3 Å². The molecule has 0 atom stereocenters. The molecule has 0 amide bonds. The van der Waals surface area contributed by atoms with E-state index in [9.17, 15) is 0 Å². The Morgan fingerprint density at radius 2 is 1.09 bits per heavy atom. The van der Waals surface area contributed by atoms with Crippen molar-refractivity contribution in [3.8, 4) is 56.5 Å². The minimum Gasteiger partial charge on any atom is -0.246 e. The standard InChI is InChI=1S/C49H32N4S/c1-49(2)39-18-10-8-16-35(39)36-24-22-34(28-40(36)49)48-52-46(30-13-4-3-5-14-30)51-47(53-48)33-23-25-42-38(27-33)43-37-17-9-11-19-41(37)50-44(45(43)54-42)32-21-20-29-12-6-7-15-31(29)26-32/h3-28H,1-2H3. The highest BCUT2D eigenvalue weighted by Gasteiger charge is 2.35. The number of pyridine rings is 1. The van der Waals surface area contributed by atoms with E-state index in [1.165, 1.54) is 53.2 Å². The molecule has 0 unspecified atom stereocenters. The zero-order valence-corrected chi connectivity index (χ0v) is 30.5. The van der Waals surface area contributed by atoms with Crippen LogP contribution in [0.25, 0.3) is 98.4 Å². The van der Waals surface area contributed by atoms with Gasteiger partial charge in [-0.15, -0.1) is 11.3 Å². The van der Waals surface area contributed by atoms with Crippen LogP contribution in [-0.2, 0) is 5.41 Å². The first-order chi connectivity index (χ1) is 26.5. The molecule has 1 aliphatic carbocycles. The Morgan fingerprint density at radius 3 is 1.94 bits per heavy atom. The van der Waals surface area contributed by atoms with E-state index in [1.807, 2.05) is 18.2 Å². The van der Waals surface area contributed by atoms with Gasteiger partial charge in [-0.2, -0.15) is 0 Å². The largest absolute Gasteiger partial charge is 0.246 e. The molecule has 3 aromatic heterocycles. The van der Waals surface area contributed by atoms with Crippen LogP contribution >= 0.6 is 11.3 Å². The summed E-state index contributed by atoms with van der Waals surface area (Å²) in [7, 11) is 0. The van der Waals surface area contributed by atoms with Crippen LogP contribution in [-0.4, -0.2) is 19.9 Å². The molecule has 5 heteroatoms. The number of benzene rings is 7. The lowest BCUT2D eigenvalue weighted by Gasteiger charge is -2.21. The van der Waals surface area contributed by atoms with Gasteiger partial charge in [0.15, 0.2) is 17.5 Å². The molecule has 0 fully saturated rings. The lowest BCUT2D eigenvalue weighted by molar-refractivity contribution is 0.660. The van der Waals surface area contributed by atoms with E-state index in [1.54, 1.807) is 11.3 Å². The van der Waals surface area contributed by atoms with Crippen LogP contribution < -0.4 is 0 Å².